The molecule has 2 amide bonds. The van der Waals surface area contributed by atoms with Gasteiger partial charge in [-0.1, -0.05) is 0 Å². The number of carbonyl (C=O) groups is 2. The number of hydrogen-bond acceptors (Lipinski definition) is 6. The van der Waals surface area contributed by atoms with Crippen molar-refractivity contribution >= 4 is 23.2 Å². The quantitative estimate of drug-likeness (QED) is 0.616. The third kappa shape index (κ3) is 3.34. The Morgan fingerprint density at radius 1 is 1.35 bits per heavy atom. The molecular formula is C21H25N7O2S. The third-order valence-electron chi connectivity index (χ3n) is 6.41. The summed E-state index contributed by atoms with van der Waals surface area (Å²) in [5.41, 5.74) is 1.52. The first kappa shape index (κ1) is 19.9. The first-order chi connectivity index (χ1) is 14.9. The molecule has 0 radical (unpaired) electrons. The van der Waals surface area contributed by atoms with Crippen LogP contribution in [0.1, 0.15) is 39.2 Å². The summed E-state index contributed by atoms with van der Waals surface area (Å²) in [6, 6.07) is 1.72. The van der Waals surface area contributed by atoms with Crippen molar-refractivity contribution in [1.29, 1.82) is 0 Å². The summed E-state index contributed by atoms with van der Waals surface area (Å²) in [7, 11) is 3.71. The Morgan fingerprint density at radius 3 is 2.84 bits per heavy atom. The van der Waals surface area contributed by atoms with Gasteiger partial charge in [0, 0.05) is 57.4 Å². The van der Waals surface area contributed by atoms with Gasteiger partial charge in [-0.2, -0.15) is 5.10 Å². The van der Waals surface area contributed by atoms with Gasteiger partial charge in [0.2, 0.25) is 5.91 Å². The predicted octanol–water partition coefficient (Wildman–Crippen LogP) is 1.58. The monoisotopic (exact) mass is 439 g/mol. The van der Waals surface area contributed by atoms with Crippen molar-refractivity contribution in [3.05, 3.63) is 52.3 Å². The van der Waals surface area contributed by atoms with Crippen LogP contribution in [0.5, 0.6) is 0 Å². The minimum Gasteiger partial charge on any atom is -0.340 e. The molecule has 5 heterocycles. The largest absolute Gasteiger partial charge is 0.340 e. The smallest absolute Gasteiger partial charge is 0.274 e. The third-order valence-corrected chi connectivity index (χ3v) is 7.23. The Balaban J connectivity index is 1.45. The van der Waals surface area contributed by atoms with Crippen molar-refractivity contribution in [2.24, 2.45) is 19.5 Å². The summed E-state index contributed by atoms with van der Waals surface area (Å²) in [4.78, 5) is 39.6. The van der Waals surface area contributed by atoms with E-state index in [1.807, 2.05) is 35.0 Å². The molecule has 2 aliphatic heterocycles. The lowest BCUT2D eigenvalue weighted by Crippen LogP contribution is -2.40. The van der Waals surface area contributed by atoms with Crippen LogP contribution in [0, 0.1) is 12.3 Å². The molecule has 5 rings (SSSR count). The maximum Gasteiger partial charge on any atom is 0.274 e. The van der Waals surface area contributed by atoms with E-state index in [4.69, 9.17) is 0 Å². The number of likely N-dealkylation sites (tertiary alicyclic amines) is 2. The highest BCUT2D eigenvalue weighted by Gasteiger charge is 2.58. The lowest BCUT2D eigenvalue weighted by atomic mass is 9.75. The topological polar surface area (TPSA) is 89.2 Å². The van der Waals surface area contributed by atoms with E-state index in [9.17, 15) is 9.59 Å². The van der Waals surface area contributed by atoms with Gasteiger partial charge in [-0.05, 0) is 19.4 Å². The highest BCUT2D eigenvalue weighted by atomic mass is 32.1. The van der Waals surface area contributed by atoms with Gasteiger partial charge < -0.3 is 14.4 Å². The molecule has 9 nitrogen and oxygen atoms in total. The van der Waals surface area contributed by atoms with E-state index in [-0.39, 0.29) is 17.7 Å². The van der Waals surface area contributed by atoms with E-state index in [1.54, 1.807) is 46.6 Å². The normalized spacial score (nSPS) is 23.5. The number of hydrogen-bond donors (Lipinski definition) is 0. The summed E-state index contributed by atoms with van der Waals surface area (Å²) in [6.07, 6.45) is 6.16. The number of aryl methyl sites for hydroxylation is 3. The first-order valence-corrected chi connectivity index (χ1v) is 11.2. The van der Waals surface area contributed by atoms with Crippen molar-refractivity contribution in [1.82, 2.24) is 34.1 Å². The molecule has 1 spiro atoms. The van der Waals surface area contributed by atoms with Crippen molar-refractivity contribution in [2.75, 3.05) is 19.6 Å². The number of imidazole rings is 1. The van der Waals surface area contributed by atoms with E-state index < -0.39 is 5.41 Å². The highest BCUT2D eigenvalue weighted by Crippen LogP contribution is 2.50. The second-order valence-electron chi connectivity index (χ2n) is 8.57. The van der Waals surface area contributed by atoms with Crippen molar-refractivity contribution in [3.8, 4) is 0 Å². The standard InChI is InChI=1S/C21H25N7O2S/c1-14-23-15(11-31-14)8-27-7-5-21(20(27)30)12-28(19(29)17-4-6-26(3)24-17)9-16(21)18-10-25(2)13-22-18/h4,6,10-11,13,16H,5,7-9,12H2,1-3H3/t16-,21-/m0/s1. The molecule has 3 aromatic rings. The van der Waals surface area contributed by atoms with Crippen LogP contribution in [0.25, 0.3) is 0 Å². The molecule has 0 aliphatic carbocycles. The second-order valence-corrected chi connectivity index (χ2v) is 9.63. The Morgan fingerprint density at radius 2 is 2.19 bits per heavy atom. The van der Waals surface area contributed by atoms with Crippen LogP contribution in [0.3, 0.4) is 0 Å². The summed E-state index contributed by atoms with van der Waals surface area (Å²) < 4.78 is 3.51. The van der Waals surface area contributed by atoms with Gasteiger partial charge in [-0.3, -0.25) is 14.3 Å². The molecule has 2 aliphatic rings. The fraction of sp³-hybridized carbons (Fsp3) is 0.476. The first-order valence-electron chi connectivity index (χ1n) is 10.3. The molecule has 2 saturated heterocycles. The van der Waals surface area contributed by atoms with Gasteiger partial charge in [0.25, 0.3) is 5.91 Å². The summed E-state index contributed by atoms with van der Waals surface area (Å²) in [5.74, 6) is -0.194. The van der Waals surface area contributed by atoms with E-state index in [1.165, 1.54) is 0 Å². The van der Waals surface area contributed by atoms with Gasteiger partial charge in [-0.25, -0.2) is 9.97 Å². The van der Waals surface area contributed by atoms with Gasteiger partial charge in [0.15, 0.2) is 0 Å². The van der Waals surface area contributed by atoms with Crippen LogP contribution in [0.15, 0.2) is 30.2 Å². The predicted molar refractivity (Wildman–Crippen MR) is 114 cm³/mol. The number of rotatable bonds is 4. The molecule has 2 atom stereocenters. The molecule has 162 valence electrons. The maximum atomic E-state index is 13.7. The van der Waals surface area contributed by atoms with E-state index in [0.29, 0.717) is 38.3 Å². The Labute approximate surface area is 184 Å². The molecule has 2 fully saturated rings. The molecule has 10 heteroatoms. The van der Waals surface area contributed by atoms with Crippen molar-refractivity contribution in [2.45, 2.75) is 25.8 Å². The van der Waals surface area contributed by atoms with Gasteiger partial charge >= 0.3 is 0 Å². The summed E-state index contributed by atoms with van der Waals surface area (Å²) in [6.45, 7) is 3.98. The molecule has 0 saturated carbocycles. The lowest BCUT2D eigenvalue weighted by Gasteiger charge is -2.27. The van der Waals surface area contributed by atoms with Crippen LogP contribution in [-0.2, 0) is 25.4 Å². The van der Waals surface area contributed by atoms with E-state index >= 15 is 0 Å². The zero-order valence-corrected chi connectivity index (χ0v) is 18.7. The molecule has 31 heavy (non-hydrogen) atoms. The Hall–Kier alpha value is -3.01. The van der Waals surface area contributed by atoms with Gasteiger partial charge in [0.05, 0.1) is 34.7 Å². The van der Waals surface area contributed by atoms with Gasteiger partial charge in [-0.15, -0.1) is 11.3 Å². The second kappa shape index (κ2) is 7.30. The number of nitrogens with zero attached hydrogens (tertiary/aromatic N) is 7. The SMILES string of the molecule is Cc1nc(CN2CC[C@@]3(CN(C(=O)c4ccn(C)n4)C[C@H]3c3cn(C)cn3)C2=O)cs1. The van der Waals surface area contributed by atoms with Crippen LogP contribution in [0.4, 0.5) is 0 Å². The molecule has 0 bridgehead atoms. The van der Waals surface area contributed by atoms with E-state index in [2.05, 4.69) is 15.1 Å². The van der Waals surface area contributed by atoms with E-state index in [0.717, 1.165) is 16.4 Å². The zero-order chi connectivity index (χ0) is 21.8. The van der Waals surface area contributed by atoms with Crippen LogP contribution in [-0.4, -0.2) is 65.6 Å². The molecule has 0 unspecified atom stereocenters. The van der Waals surface area contributed by atoms with Crippen LogP contribution in [0.2, 0.25) is 0 Å². The fourth-order valence-electron chi connectivity index (χ4n) is 4.90. The maximum absolute atomic E-state index is 13.7. The molecule has 3 aromatic heterocycles. The Kier molecular flexibility index (Phi) is 4.69. The molecule has 0 aromatic carbocycles. The van der Waals surface area contributed by atoms with Crippen molar-refractivity contribution in [3.63, 3.8) is 0 Å². The Bertz CT molecular complexity index is 1150. The number of carbonyl (C=O) groups excluding carboxylic acids is 2. The number of thiazole rings is 1. The number of aromatic nitrogens is 5. The highest BCUT2D eigenvalue weighted by molar-refractivity contribution is 7.09. The number of amides is 2. The van der Waals surface area contributed by atoms with Crippen LogP contribution < -0.4 is 0 Å². The molecule has 0 N–H and O–H groups in total. The van der Waals surface area contributed by atoms with Crippen molar-refractivity contribution < 1.29 is 9.59 Å². The minimum absolute atomic E-state index is 0.0881. The summed E-state index contributed by atoms with van der Waals surface area (Å²) >= 11 is 1.59. The minimum atomic E-state index is -0.663. The van der Waals surface area contributed by atoms with Crippen LogP contribution >= 0.6 is 11.3 Å². The average Bonchev–Trinajstić information content (AvgIpc) is 3.54. The van der Waals surface area contributed by atoms with Gasteiger partial charge in [0.1, 0.15) is 5.69 Å². The zero-order valence-electron chi connectivity index (χ0n) is 17.9. The molecular weight excluding hydrogens is 414 g/mol. The summed E-state index contributed by atoms with van der Waals surface area (Å²) in [5, 5.41) is 7.27. The average molecular weight is 440 g/mol. The fourth-order valence-corrected chi connectivity index (χ4v) is 5.50. The lowest BCUT2D eigenvalue weighted by molar-refractivity contribution is -0.136.